The molecule has 0 radical (unpaired) electrons. The van der Waals surface area contributed by atoms with Gasteiger partial charge in [0.15, 0.2) is 0 Å². The summed E-state index contributed by atoms with van der Waals surface area (Å²) in [4.78, 5) is 14.6. The molecule has 0 bridgehead atoms. The SMILES string of the molecule is O=C(CCNS(=O)(=O)c1ccccc1Br)NCc1ccc(CN2CCOCC2)cc1. The molecule has 7 nitrogen and oxygen atoms in total. The quantitative estimate of drug-likeness (QED) is 0.556. The molecule has 1 aliphatic heterocycles. The Morgan fingerprint density at radius 3 is 2.40 bits per heavy atom. The molecule has 0 unspecified atom stereocenters. The molecule has 30 heavy (non-hydrogen) atoms. The summed E-state index contributed by atoms with van der Waals surface area (Å²) < 4.78 is 32.9. The van der Waals surface area contributed by atoms with Crippen LogP contribution in [0.1, 0.15) is 17.5 Å². The number of rotatable bonds is 9. The fourth-order valence-corrected chi connectivity index (χ4v) is 5.14. The summed E-state index contributed by atoms with van der Waals surface area (Å²) in [5, 5.41) is 2.83. The van der Waals surface area contributed by atoms with Crippen LogP contribution in [0.4, 0.5) is 0 Å². The van der Waals surface area contributed by atoms with E-state index in [9.17, 15) is 13.2 Å². The van der Waals surface area contributed by atoms with Crippen molar-refractivity contribution in [2.24, 2.45) is 0 Å². The maximum Gasteiger partial charge on any atom is 0.241 e. The molecular weight excluding hydrogens is 470 g/mol. The summed E-state index contributed by atoms with van der Waals surface area (Å²) in [6.07, 6.45) is 0.0683. The van der Waals surface area contributed by atoms with E-state index in [0.717, 1.165) is 38.4 Å². The Bertz CT molecular complexity index is 945. The third kappa shape index (κ3) is 6.88. The van der Waals surface area contributed by atoms with Gasteiger partial charge in [-0.25, -0.2) is 13.1 Å². The van der Waals surface area contributed by atoms with E-state index in [1.54, 1.807) is 18.2 Å². The maximum atomic E-state index is 12.3. The molecule has 1 fully saturated rings. The standard InChI is InChI=1S/C21H26BrN3O4S/c22-19-3-1-2-4-20(19)30(27,28)24-10-9-21(26)23-15-17-5-7-18(8-6-17)16-25-11-13-29-14-12-25/h1-8,24H,9-16H2,(H,23,26). The fourth-order valence-electron chi connectivity index (χ4n) is 3.11. The number of amides is 1. The third-order valence-electron chi connectivity index (χ3n) is 4.79. The number of nitrogens with zero attached hydrogens (tertiary/aromatic N) is 1. The first-order valence-corrected chi connectivity index (χ1v) is 12.1. The van der Waals surface area contributed by atoms with Gasteiger partial charge in [-0.1, -0.05) is 36.4 Å². The first kappa shape index (κ1) is 22.9. The van der Waals surface area contributed by atoms with Crippen molar-refractivity contribution in [2.45, 2.75) is 24.4 Å². The van der Waals surface area contributed by atoms with Gasteiger partial charge in [0.25, 0.3) is 0 Å². The highest BCUT2D eigenvalue weighted by Crippen LogP contribution is 2.20. The number of hydrogen-bond donors (Lipinski definition) is 2. The van der Waals surface area contributed by atoms with Crippen LogP contribution in [0.3, 0.4) is 0 Å². The van der Waals surface area contributed by atoms with Gasteiger partial charge in [-0.15, -0.1) is 0 Å². The van der Waals surface area contributed by atoms with E-state index in [1.165, 1.54) is 11.6 Å². The highest BCUT2D eigenvalue weighted by Gasteiger charge is 2.17. The van der Waals surface area contributed by atoms with Crippen LogP contribution in [0.5, 0.6) is 0 Å². The molecule has 9 heteroatoms. The summed E-state index contributed by atoms with van der Waals surface area (Å²) >= 11 is 3.23. The van der Waals surface area contributed by atoms with Gasteiger partial charge >= 0.3 is 0 Å². The molecule has 0 atom stereocenters. The Morgan fingerprint density at radius 2 is 1.70 bits per heavy atom. The fraction of sp³-hybridized carbons (Fsp3) is 0.381. The van der Waals surface area contributed by atoms with Crippen LogP contribution < -0.4 is 10.0 Å². The van der Waals surface area contributed by atoms with Gasteiger partial charge in [0, 0.05) is 43.6 Å². The van der Waals surface area contributed by atoms with Crippen molar-refractivity contribution < 1.29 is 17.9 Å². The molecule has 1 aliphatic rings. The zero-order valence-corrected chi connectivity index (χ0v) is 19.0. The number of ether oxygens (including phenoxy) is 1. The van der Waals surface area contributed by atoms with E-state index >= 15 is 0 Å². The smallest absolute Gasteiger partial charge is 0.241 e. The number of carbonyl (C=O) groups excluding carboxylic acids is 1. The molecular formula is C21H26BrN3O4S. The average Bonchev–Trinajstić information content (AvgIpc) is 2.74. The third-order valence-corrected chi connectivity index (χ3v) is 7.27. The molecule has 1 amide bonds. The van der Waals surface area contributed by atoms with Gasteiger partial charge in [0.05, 0.1) is 18.1 Å². The lowest BCUT2D eigenvalue weighted by Crippen LogP contribution is -2.35. The first-order valence-electron chi connectivity index (χ1n) is 9.83. The summed E-state index contributed by atoms with van der Waals surface area (Å²) in [5.41, 5.74) is 2.23. The second kappa shape index (κ2) is 11.0. The van der Waals surface area contributed by atoms with Crippen LogP contribution in [-0.4, -0.2) is 52.1 Å². The molecule has 2 aromatic rings. The largest absolute Gasteiger partial charge is 0.379 e. The lowest BCUT2D eigenvalue weighted by Gasteiger charge is -2.26. The Morgan fingerprint density at radius 1 is 1.03 bits per heavy atom. The van der Waals surface area contributed by atoms with Crippen molar-refractivity contribution in [2.75, 3.05) is 32.8 Å². The zero-order chi connectivity index (χ0) is 21.4. The minimum Gasteiger partial charge on any atom is -0.379 e. The highest BCUT2D eigenvalue weighted by molar-refractivity contribution is 9.10. The Labute approximate surface area is 186 Å². The van der Waals surface area contributed by atoms with E-state index in [2.05, 4.69) is 43.0 Å². The second-order valence-electron chi connectivity index (χ2n) is 7.06. The first-order chi connectivity index (χ1) is 14.4. The number of morpholine rings is 1. The molecule has 1 saturated heterocycles. The summed E-state index contributed by atoms with van der Waals surface area (Å²) in [5.74, 6) is -0.206. The Kier molecular flexibility index (Phi) is 8.41. The lowest BCUT2D eigenvalue weighted by atomic mass is 10.1. The zero-order valence-electron chi connectivity index (χ0n) is 16.6. The number of hydrogen-bond acceptors (Lipinski definition) is 5. The van der Waals surface area contributed by atoms with Gasteiger partial charge < -0.3 is 10.1 Å². The maximum absolute atomic E-state index is 12.3. The van der Waals surface area contributed by atoms with Crippen LogP contribution in [0.25, 0.3) is 0 Å². The molecule has 2 aromatic carbocycles. The number of sulfonamides is 1. The predicted octanol–water partition coefficient (Wildman–Crippen LogP) is 2.27. The van der Waals surface area contributed by atoms with E-state index < -0.39 is 10.0 Å². The van der Waals surface area contributed by atoms with Crippen LogP contribution in [0.15, 0.2) is 57.9 Å². The minimum absolute atomic E-state index is 0.0357. The molecule has 0 spiro atoms. The average molecular weight is 496 g/mol. The van der Waals surface area contributed by atoms with E-state index in [-0.39, 0.29) is 23.8 Å². The van der Waals surface area contributed by atoms with Crippen molar-refractivity contribution in [1.82, 2.24) is 14.9 Å². The van der Waals surface area contributed by atoms with Crippen molar-refractivity contribution in [3.63, 3.8) is 0 Å². The molecule has 2 N–H and O–H groups in total. The van der Waals surface area contributed by atoms with Gasteiger partial charge in [0.2, 0.25) is 15.9 Å². The Hall–Kier alpha value is -1.78. The summed E-state index contributed by atoms with van der Waals surface area (Å²) in [6.45, 7) is 4.80. The van der Waals surface area contributed by atoms with E-state index in [0.29, 0.717) is 11.0 Å². The lowest BCUT2D eigenvalue weighted by molar-refractivity contribution is -0.121. The van der Waals surface area contributed by atoms with Crippen LogP contribution >= 0.6 is 15.9 Å². The van der Waals surface area contributed by atoms with Crippen molar-refractivity contribution in [3.05, 3.63) is 64.1 Å². The summed E-state index contributed by atoms with van der Waals surface area (Å²) in [7, 11) is -3.66. The minimum atomic E-state index is -3.66. The highest BCUT2D eigenvalue weighted by atomic mass is 79.9. The summed E-state index contributed by atoms with van der Waals surface area (Å²) in [6, 6.07) is 14.7. The molecule has 0 aromatic heterocycles. The van der Waals surface area contributed by atoms with Gasteiger partial charge in [-0.05, 0) is 39.2 Å². The van der Waals surface area contributed by atoms with Crippen molar-refractivity contribution in [1.29, 1.82) is 0 Å². The van der Waals surface area contributed by atoms with E-state index in [1.807, 2.05) is 12.1 Å². The molecule has 0 saturated carbocycles. The van der Waals surface area contributed by atoms with E-state index in [4.69, 9.17) is 4.74 Å². The molecule has 162 valence electrons. The topological polar surface area (TPSA) is 87.7 Å². The van der Waals surface area contributed by atoms with Crippen LogP contribution in [0.2, 0.25) is 0 Å². The van der Waals surface area contributed by atoms with Crippen molar-refractivity contribution in [3.8, 4) is 0 Å². The Balaban J connectivity index is 1.39. The molecule has 3 rings (SSSR count). The number of carbonyl (C=O) groups is 1. The number of halogens is 1. The molecule has 0 aliphatic carbocycles. The van der Waals surface area contributed by atoms with Crippen LogP contribution in [0, 0.1) is 0 Å². The predicted molar refractivity (Wildman–Crippen MR) is 118 cm³/mol. The van der Waals surface area contributed by atoms with Gasteiger partial charge in [-0.2, -0.15) is 0 Å². The monoisotopic (exact) mass is 495 g/mol. The number of benzene rings is 2. The van der Waals surface area contributed by atoms with Gasteiger partial charge in [-0.3, -0.25) is 9.69 Å². The van der Waals surface area contributed by atoms with Crippen molar-refractivity contribution >= 4 is 31.9 Å². The molecule has 1 heterocycles. The normalized spacial score (nSPS) is 15.1. The number of nitrogens with one attached hydrogen (secondary N) is 2. The second-order valence-corrected chi connectivity index (χ2v) is 9.65. The van der Waals surface area contributed by atoms with Gasteiger partial charge in [0.1, 0.15) is 0 Å². The van der Waals surface area contributed by atoms with Crippen LogP contribution in [-0.2, 0) is 32.6 Å².